The van der Waals surface area contributed by atoms with Gasteiger partial charge in [0.05, 0.1) is 26.6 Å². The van der Waals surface area contributed by atoms with Gasteiger partial charge in [-0.05, 0) is 31.2 Å². The highest BCUT2D eigenvalue weighted by atomic mass is 16.5. The predicted molar refractivity (Wildman–Crippen MR) is 83.0 cm³/mol. The van der Waals surface area contributed by atoms with Gasteiger partial charge in [-0.25, -0.2) is 0 Å². The molecule has 0 unspecified atom stereocenters. The molecule has 5 nitrogen and oxygen atoms in total. The molecule has 5 heteroatoms. The molecule has 21 heavy (non-hydrogen) atoms. The molecule has 0 aromatic heterocycles. The molecule has 0 spiro atoms. The summed E-state index contributed by atoms with van der Waals surface area (Å²) in [6.45, 7) is 8.28. The molecule has 0 atom stereocenters. The topological polar surface area (TPSA) is 47.2 Å². The first kappa shape index (κ1) is 15.8. The Labute approximate surface area is 126 Å². The van der Waals surface area contributed by atoms with Crippen LogP contribution in [0, 0.1) is 0 Å². The molecule has 0 bridgehead atoms. The Balaban J connectivity index is 1.71. The summed E-state index contributed by atoms with van der Waals surface area (Å²) in [6, 6.07) is 7.53. The maximum Gasteiger partial charge on any atom is 0.230 e. The van der Waals surface area contributed by atoms with Crippen molar-refractivity contribution in [2.24, 2.45) is 0 Å². The van der Waals surface area contributed by atoms with Crippen molar-refractivity contribution >= 4 is 11.6 Å². The first-order valence-electron chi connectivity index (χ1n) is 7.85. The molecule has 1 saturated heterocycles. The molecule has 0 saturated carbocycles. The van der Waals surface area contributed by atoms with Crippen molar-refractivity contribution in [2.45, 2.75) is 13.3 Å². The van der Waals surface area contributed by atoms with Crippen LogP contribution in [0.15, 0.2) is 24.3 Å². The fourth-order valence-electron chi connectivity index (χ4n) is 2.60. The Morgan fingerprint density at radius 3 is 2.48 bits per heavy atom. The van der Waals surface area contributed by atoms with E-state index in [0.29, 0.717) is 13.0 Å². The number of piperazine rings is 1. The summed E-state index contributed by atoms with van der Waals surface area (Å²) in [5.74, 6) is 0.929. The third kappa shape index (κ3) is 5.36. The molecular weight excluding hydrogens is 266 g/mol. The van der Waals surface area contributed by atoms with Crippen LogP contribution in [0.3, 0.4) is 0 Å². The number of ether oxygens (including phenoxy) is 1. The highest BCUT2D eigenvalue weighted by Gasteiger charge is 2.20. The van der Waals surface area contributed by atoms with Gasteiger partial charge in [0.1, 0.15) is 31.9 Å². The molecule has 1 aliphatic heterocycles. The number of nitrogens with one attached hydrogen (secondary N) is 3. The Kier molecular flexibility index (Phi) is 6.02. The van der Waals surface area contributed by atoms with Crippen molar-refractivity contribution in [2.75, 3.05) is 51.7 Å². The standard InChI is InChI=1S/C16H25N3O2/c1-3-21-15-6-4-14(5-7-15)17-16(20)8-9-19-12-10-18(2)11-13-19/h4-7H,3,8-13H2,1-2H3,(H,17,20)/p+2. The van der Waals surface area contributed by atoms with Gasteiger partial charge in [-0.3, -0.25) is 4.79 Å². The van der Waals surface area contributed by atoms with Gasteiger partial charge in [0.25, 0.3) is 0 Å². The van der Waals surface area contributed by atoms with Crippen LogP contribution in [0.4, 0.5) is 5.69 Å². The zero-order valence-electron chi connectivity index (χ0n) is 13.1. The van der Waals surface area contributed by atoms with Crippen molar-refractivity contribution in [3.05, 3.63) is 24.3 Å². The number of amides is 1. The minimum Gasteiger partial charge on any atom is -0.494 e. The quantitative estimate of drug-likeness (QED) is 0.619. The largest absolute Gasteiger partial charge is 0.494 e. The van der Waals surface area contributed by atoms with Crippen LogP contribution in [0.1, 0.15) is 13.3 Å². The van der Waals surface area contributed by atoms with Crippen LogP contribution in [-0.2, 0) is 4.79 Å². The van der Waals surface area contributed by atoms with Crippen molar-refractivity contribution < 1.29 is 19.3 Å². The molecule has 1 amide bonds. The summed E-state index contributed by atoms with van der Waals surface area (Å²) >= 11 is 0. The second-order valence-corrected chi connectivity index (χ2v) is 5.71. The molecule has 1 aromatic carbocycles. The zero-order valence-corrected chi connectivity index (χ0v) is 13.1. The van der Waals surface area contributed by atoms with E-state index in [1.165, 1.54) is 26.2 Å². The van der Waals surface area contributed by atoms with Crippen LogP contribution < -0.4 is 19.9 Å². The van der Waals surface area contributed by atoms with E-state index in [1.807, 2.05) is 31.2 Å². The number of anilines is 1. The summed E-state index contributed by atoms with van der Waals surface area (Å²) in [6.07, 6.45) is 0.585. The van der Waals surface area contributed by atoms with Gasteiger partial charge in [-0.1, -0.05) is 0 Å². The van der Waals surface area contributed by atoms with Crippen molar-refractivity contribution in [1.82, 2.24) is 0 Å². The highest BCUT2D eigenvalue weighted by Crippen LogP contribution is 2.15. The fraction of sp³-hybridized carbons (Fsp3) is 0.562. The first-order chi connectivity index (χ1) is 10.2. The zero-order chi connectivity index (χ0) is 15.1. The second kappa shape index (κ2) is 8.00. The first-order valence-corrected chi connectivity index (χ1v) is 7.85. The summed E-state index contributed by atoms with van der Waals surface area (Å²) in [4.78, 5) is 15.1. The van der Waals surface area contributed by atoms with Crippen LogP contribution >= 0.6 is 0 Å². The van der Waals surface area contributed by atoms with E-state index in [9.17, 15) is 4.79 Å². The third-order valence-corrected chi connectivity index (χ3v) is 3.97. The van der Waals surface area contributed by atoms with Crippen LogP contribution in [0.5, 0.6) is 5.75 Å². The van der Waals surface area contributed by atoms with E-state index in [2.05, 4.69) is 12.4 Å². The maximum atomic E-state index is 12.0. The third-order valence-electron chi connectivity index (χ3n) is 3.97. The lowest BCUT2D eigenvalue weighted by Crippen LogP contribution is -3.27. The number of hydrogen-bond acceptors (Lipinski definition) is 2. The Hall–Kier alpha value is -1.59. The van der Waals surface area contributed by atoms with Gasteiger partial charge in [0, 0.05) is 5.69 Å². The Bertz CT molecular complexity index is 439. The lowest BCUT2D eigenvalue weighted by molar-refractivity contribution is -1.00. The maximum absolute atomic E-state index is 12.0. The van der Waals surface area contributed by atoms with Crippen LogP contribution in [0.2, 0.25) is 0 Å². The molecule has 2 rings (SSSR count). The lowest BCUT2D eigenvalue weighted by Gasteiger charge is -2.27. The summed E-state index contributed by atoms with van der Waals surface area (Å²) in [7, 11) is 2.23. The number of carbonyl (C=O) groups is 1. The van der Waals surface area contributed by atoms with Gasteiger partial charge in [-0.2, -0.15) is 0 Å². The number of rotatable bonds is 6. The molecule has 3 N–H and O–H groups in total. The molecule has 1 fully saturated rings. The fourth-order valence-corrected chi connectivity index (χ4v) is 2.60. The molecule has 116 valence electrons. The van der Waals surface area contributed by atoms with Gasteiger partial charge in [0.15, 0.2) is 0 Å². The van der Waals surface area contributed by atoms with Gasteiger partial charge >= 0.3 is 0 Å². The molecule has 0 radical (unpaired) electrons. The van der Waals surface area contributed by atoms with E-state index < -0.39 is 0 Å². The summed E-state index contributed by atoms with van der Waals surface area (Å²) in [5, 5.41) is 2.95. The number of likely N-dealkylation sites (N-methyl/N-ethyl adjacent to an activating group) is 1. The van der Waals surface area contributed by atoms with Crippen molar-refractivity contribution in [3.8, 4) is 5.75 Å². The van der Waals surface area contributed by atoms with E-state index in [1.54, 1.807) is 9.80 Å². The molecule has 0 aliphatic carbocycles. The average molecular weight is 293 g/mol. The van der Waals surface area contributed by atoms with E-state index in [0.717, 1.165) is 18.0 Å². The number of quaternary nitrogens is 2. The lowest BCUT2D eigenvalue weighted by atomic mass is 10.2. The van der Waals surface area contributed by atoms with Crippen molar-refractivity contribution in [1.29, 1.82) is 0 Å². The number of benzene rings is 1. The van der Waals surface area contributed by atoms with E-state index >= 15 is 0 Å². The smallest absolute Gasteiger partial charge is 0.230 e. The Morgan fingerprint density at radius 1 is 1.19 bits per heavy atom. The number of carbonyl (C=O) groups excluding carboxylic acids is 1. The summed E-state index contributed by atoms with van der Waals surface area (Å²) < 4.78 is 5.38. The molecular formula is C16H27N3O2+2. The normalized spacial score (nSPS) is 21.8. The van der Waals surface area contributed by atoms with Gasteiger partial charge in [-0.15, -0.1) is 0 Å². The van der Waals surface area contributed by atoms with Crippen LogP contribution in [-0.4, -0.2) is 52.3 Å². The van der Waals surface area contributed by atoms with Gasteiger partial charge in [0.2, 0.25) is 5.91 Å². The predicted octanol–water partition coefficient (Wildman–Crippen LogP) is -1.17. The van der Waals surface area contributed by atoms with Crippen molar-refractivity contribution in [3.63, 3.8) is 0 Å². The van der Waals surface area contributed by atoms with E-state index in [-0.39, 0.29) is 5.91 Å². The minimum absolute atomic E-state index is 0.0953. The molecule has 1 aliphatic rings. The van der Waals surface area contributed by atoms with Gasteiger partial charge < -0.3 is 19.9 Å². The average Bonchev–Trinajstić information content (AvgIpc) is 2.49. The monoisotopic (exact) mass is 293 g/mol. The minimum atomic E-state index is 0.0953. The molecule has 1 aromatic rings. The Morgan fingerprint density at radius 2 is 1.86 bits per heavy atom. The highest BCUT2D eigenvalue weighted by molar-refractivity contribution is 5.90. The van der Waals surface area contributed by atoms with Crippen LogP contribution in [0.25, 0.3) is 0 Å². The number of hydrogen-bond donors (Lipinski definition) is 3. The molecule has 1 heterocycles. The second-order valence-electron chi connectivity index (χ2n) is 5.71. The van der Waals surface area contributed by atoms with E-state index in [4.69, 9.17) is 4.74 Å². The SMILES string of the molecule is CCOc1ccc(NC(=O)CC[NH+]2CC[NH+](C)CC2)cc1. The summed E-state index contributed by atoms with van der Waals surface area (Å²) in [5.41, 5.74) is 0.835.